The number of thiophene rings is 1. The molecule has 0 unspecified atom stereocenters. The summed E-state index contributed by atoms with van der Waals surface area (Å²) in [6, 6.07) is 18.0. The second-order valence-electron chi connectivity index (χ2n) is 7.36. The van der Waals surface area contributed by atoms with Gasteiger partial charge in [0.05, 0.1) is 12.3 Å². The average molecular weight is 491 g/mol. The first-order valence-corrected chi connectivity index (χ1v) is 12.3. The Bertz CT molecular complexity index is 1280. The zero-order valence-electron chi connectivity index (χ0n) is 18.4. The fourth-order valence-corrected chi connectivity index (χ4v) is 4.58. The lowest BCUT2D eigenvalue weighted by atomic mass is 10.1. The lowest BCUT2D eigenvalue weighted by molar-refractivity contribution is -0.113. The first kappa shape index (κ1) is 23.5. The van der Waals surface area contributed by atoms with E-state index in [-0.39, 0.29) is 23.4 Å². The Morgan fingerprint density at radius 2 is 1.74 bits per heavy atom. The van der Waals surface area contributed by atoms with Crippen LogP contribution in [0.2, 0.25) is 0 Å². The van der Waals surface area contributed by atoms with Crippen LogP contribution in [0.4, 0.5) is 5.69 Å². The number of anilines is 1. The van der Waals surface area contributed by atoms with Crippen LogP contribution in [-0.4, -0.2) is 32.9 Å². The molecule has 2 aromatic carbocycles. The van der Waals surface area contributed by atoms with E-state index >= 15 is 0 Å². The molecule has 34 heavy (non-hydrogen) atoms. The summed E-state index contributed by atoms with van der Waals surface area (Å²) in [5.41, 5.74) is 2.65. The Morgan fingerprint density at radius 1 is 1.00 bits per heavy atom. The number of ketones is 1. The number of nitrogens with zero attached hydrogens (tertiary/aromatic N) is 2. The highest BCUT2D eigenvalue weighted by Gasteiger charge is 2.11. The molecule has 4 rings (SSSR count). The van der Waals surface area contributed by atoms with Gasteiger partial charge in [-0.1, -0.05) is 17.8 Å². The van der Waals surface area contributed by atoms with Crippen molar-refractivity contribution in [3.8, 4) is 5.69 Å². The predicted molar refractivity (Wildman–Crippen MR) is 135 cm³/mol. The van der Waals surface area contributed by atoms with E-state index in [1.165, 1.54) is 18.7 Å². The molecular formula is C25H22N4O3S2. The Labute approximate surface area is 205 Å². The molecule has 172 valence electrons. The summed E-state index contributed by atoms with van der Waals surface area (Å²) in [4.78, 5) is 41.6. The van der Waals surface area contributed by atoms with Gasteiger partial charge in [0, 0.05) is 39.8 Å². The van der Waals surface area contributed by atoms with Gasteiger partial charge >= 0.3 is 0 Å². The van der Waals surface area contributed by atoms with Crippen LogP contribution in [0.15, 0.2) is 83.6 Å². The van der Waals surface area contributed by atoms with Crippen molar-refractivity contribution in [3.63, 3.8) is 0 Å². The van der Waals surface area contributed by atoms with Crippen LogP contribution in [0.3, 0.4) is 0 Å². The number of hydrogen-bond donors (Lipinski definition) is 2. The fraction of sp³-hybridized carbons (Fsp3) is 0.120. The van der Waals surface area contributed by atoms with E-state index in [4.69, 9.17) is 0 Å². The topological polar surface area (TPSA) is 93.1 Å². The molecule has 0 fully saturated rings. The van der Waals surface area contributed by atoms with Gasteiger partial charge in [-0.3, -0.25) is 19.0 Å². The number of benzene rings is 2. The van der Waals surface area contributed by atoms with Crippen molar-refractivity contribution in [1.29, 1.82) is 0 Å². The quantitative estimate of drug-likeness (QED) is 0.260. The number of carbonyl (C=O) groups is 3. The summed E-state index contributed by atoms with van der Waals surface area (Å²) in [6.07, 6.45) is 3.48. The number of amides is 2. The molecule has 2 amide bonds. The summed E-state index contributed by atoms with van der Waals surface area (Å²) >= 11 is 2.91. The van der Waals surface area contributed by atoms with Gasteiger partial charge in [0.1, 0.15) is 0 Å². The van der Waals surface area contributed by atoms with Gasteiger partial charge in [0.2, 0.25) is 5.91 Å². The van der Waals surface area contributed by atoms with Crippen molar-refractivity contribution in [2.45, 2.75) is 18.6 Å². The maximum Gasteiger partial charge on any atom is 0.251 e. The third-order valence-electron chi connectivity index (χ3n) is 4.93. The molecule has 0 saturated heterocycles. The normalized spacial score (nSPS) is 10.6. The number of imidazole rings is 1. The minimum absolute atomic E-state index is 0.0210. The molecule has 0 radical (unpaired) electrons. The van der Waals surface area contributed by atoms with Crippen LogP contribution in [-0.2, 0) is 11.3 Å². The molecule has 2 N–H and O–H groups in total. The van der Waals surface area contributed by atoms with Gasteiger partial charge in [-0.25, -0.2) is 4.98 Å². The van der Waals surface area contributed by atoms with Crippen molar-refractivity contribution < 1.29 is 14.4 Å². The number of rotatable bonds is 9. The molecular weight excluding hydrogens is 468 g/mol. The molecule has 0 aliphatic rings. The lowest BCUT2D eigenvalue weighted by Crippen LogP contribution is -2.22. The highest BCUT2D eigenvalue weighted by molar-refractivity contribution is 7.99. The zero-order valence-corrected chi connectivity index (χ0v) is 20.0. The highest BCUT2D eigenvalue weighted by Crippen LogP contribution is 2.21. The maximum absolute atomic E-state index is 12.4. The second kappa shape index (κ2) is 11.0. The first-order valence-electron chi connectivity index (χ1n) is 10.5. The van der Waals surface area contributed by atoms with E-state index in [0.29, 0.717) is 28.5 Å². The molecule has 0 aliphatic carbocycles. The van der Waals surface area contributed by atoms with Crippen molar-refractivity contribution in [3.05, 3.63) is 94.4 Å². The van der Waals surface area contributed by atoms with Crippen molar-refractivity contribution in [1.82, 2.24) is 14.9 Å². The van der Waals surface area contributed by atoms with Gasteiger partial charge in [0.25, 0.3) is 5.91 Å². The molecule has 4 aromatic rings. The Balaban J connectivity index is 1.33. The van der Waals surface area contributed by atoms with Crippen LogP contribution in [0, 0.1) is 0 Å². The van der Waals surface area contributed by atoms with Crippen molar-refractivity contribution >= 4 is 46.4 Å². The van der Waals surface area contributed by atoms with Gasteiger partial charge in [0.15, 0.2) is 10.9 Å². The summed E-state index contributed by atoms with van der Waals surface area (Å²) in [6.45, 7) is 2.00. The minimum atomic E-state index is -0.173. The van der Waals surface area contributed by atoms with Gasteiger partial charge < -0.3 is 10.6 Å². The summed E-state index contributed by atoms with van der Waals surface area (Å²) in [7, 11) is 0. The summed E-state index contributed by atoms with van der Waals surface area (Å²) in [5.74, 6) is -0.150. The molecule has 2 aromatic heterocycles. The van der Waals surface area contributed by atoms with E-state index in [1.54, 1.807) is 53.9 Å². The predicted octanol–water partition coefficient (Wildman–Crippen LogP) is 4.80. The van der Waals surface area contributed by atoms with Crippen LogP contribution in [0.25, 0.3) is 5.69 Å². The van der Waals surface area contributed by atoms with E-state index in [1.807, 2.05) is 40.4 Å². The van der Waals surface area contributed by atoms with Crippen LogP contribution in [0.5, 0.6) is 0 Å². The highest BCUT2D eigenvalue weighted by atomic mass is 32.2. The fourth-order valence-electron chi connectivity index (χ4n) is 3.16. The number of aromatic nitrogens is 2. The molecule has 2 heterocycles. The van der Waals surface area contributed by atoms with E-state index < -0.39 is 0 Å². The molecule has 9 heteroatoms. The first-order chi connectivity index (χ1) is 16.5. The monoisotopic (exact) mass is 490 g/mol. The van der Waals surface area contributed by atoms with E-state index in [2.05, 4.69) is 15.6 Å². The Kier molecular flexibility index (Phi) is 7.56. The molecule has 0 atom stereocenters. The second-order valence-corrected chi connectivity index (χ2v) is 9.33. The van der Waals surface area contributed by atoms with Gasteiger partial charge in [-0.2, -0.15) is 0 Å². The standard InChI is InChI=1S/C25H22N4O3S2/c1-17(30)18-4-8-20(9-5-18)28-23(31)16-34-25-26-12-13-29(25)21-10-6-19(7-11-21)24(32)27-15-22-3-2-14-33-22/h2-14H,15-16H2,1H3,(H,27,32)(H,28,31). The molecule has 0 bridgehead atoms. The van der Waals surface area contributed by atoms with Crippen molar-refractivity contribution in [2.24, 2.45) is 0 Å². The van der Waals surface area contributed by atoms with Crippen LogP contribution in [0.1, 0.15) is 32.5 Å². The number of hydrogen-bond acceptors (Lipinski definition) is 6. The summed E-state index contributed by atoms with van der Waals surface area (Å²) in [5, 5.41) is 8.38. The molecule has 0 aliphatic heterocycles. The number of thioether (sulfide) groups is 1. The summed E-state index contributed by atoms with van der Waals surface area (Å²) < 4.78 is 1.87. The maximum atomic E-state index is 12.4. The number of carbonyl (C=O) groups excluding carboxylic acids is 3. The number of nitrogens with one attached hydrogen (secondary N) is 2. The SMILES string of the molecule is CC(=O)c1ccc(NC(=O)CSc2nccn2-c2ccc(C(=O)NCc3cccs3)cc2)cc1. The van der Waals surface area contributed by atoms with E-state index in [0.717, 1.165) is 10.6 Å². The largest absolute Gasteiger partial charge is 0.347 e. The van der Waals surface area contributed by atoms with Crippen molar-refractivity contribution in [2.75, 3.05) is 11.1 Å². The molecule has 0 spiro atoms. The number of Topliss-reactive ketones (excluding diaryl/α,β-unsaturated/α-hetero) is 1. The minimum Gasteiger partial charge on any atom is -0.347 e. The zero-order chi connectivity index (χ0) is 23.9. The average Bonchev–Trinajstić information content (AvgIpc) is 3.54. The molecule has 7 nitrogen and oxygen atoms in total. The van der Waals surface area contributed by atoms with Crippen LogP contribution < -0.4 is 10.6 Å². The van der Waals surface area contributed by atoms with E-state index in [9.17, 15) is 14.4 Å². The molecule has 0 saturated carbocycles. The van der Waals surface area contributed by atoms with Gasteiger partial charge in [-0.05, 0) is 66.9 Å². The van der Waals surface area contributed by atoms with Crippen LogP contribution >= 0.6 is 23.1 Å². The third-order valence-corrected chi connectivity index (χ3v) is 6.77. The van der Waals surface area contributed by atoms with Gasteiger partial charge in [-0.15, -0.1) is 11.3 Å². The Hall–Kier alpha value is -3.69. The lowest BCUT2D eigenvalue weighted by Gasteiger charge is -2.09. The third kappa shape index (κ3) is 6.00. The smallest absolute Gasteiger partial charge is 0.251 e. The Morgan fingerprint density at radius 3 is 2.41 bits per heavy atom.